The molecule has 2 bridgehead atoms. The van der Waals surface area contributed by atoms with Gasteiger partial charge in [0.1, 0.15) is 5.75 Å². The summed E-state index contributed by atoms with van der Waals surface area (Å²) in [7, 11) is -4.37. The summed E-state index contributed by atoms with van der Waals surface area (Å²) in [6, 6.07) is 20.0. The lowest BCUT2D eigenvalue weighted by atomic mass is 9.33. The zero-order valence-electron chi connectivity index (χ0n) is 36.1. The molecule has 0 spiro atoms. The molecule has 2 saturated heterocycles. The maximum absolute atomic E-state index is 14.7. The number of alkyl halides is 3. The molecule has 12 heteroatoms. The highest BCUT2D eigenvalue weighted by atomic mass is 32.2. The lowest BCUT2D eigenvalue weighted by Crippen LogP contribution is -2.61. The van der Waals surface area contributed by atoms with Crippen molar-refractivity contribution in [1.82, 2.24) is 9.80 Å². The Hall–Kier alpha value is -3.16. The van der Waals surface area contributed by atoms with Gasteiger partial charge in [0.15, 0.2) is 15.6 Å². The molecule has 0 unspecified atom stereocenters. The van der Waals surface area contributed by atoms with Gasteiger partial charge in [-0.3, -0.25) is 14.6 Å². The van der Waals surface area contributed by atoms with Crippen LogP contribution in [0.4, 0.5) is 18.9 Å². The van der Waals surface area contributed by atoms with Crippen molar-refractivity contribution in [3.63, 3.8) is 0 Å². The van der Waals surface area contributed by atoms with Crippen LogP contribution in [0.15, 0.2) is 93.7 Å². The average Bonchev–Trinajstić information content (AvgIpc) is 3.21. The molecule has 4 aliphatic carbocycles. The lowest BCUT2D eigenvalue weighted by molar-refractivity contribution is -0.166. The Morgan fingerprint density at radius 2 is 1.56 bits per heavy atom. The van der Waals surface area contributed by atoms with E-state index in [0.717, 1.165) is 69.0 Å². The van der Waals surface area contributed by atoms with E-state index >= 15 is 0 Å². The van der Waals surface area contributed by atoms with E-state index < -0.39 is 38.0 Å². The Bertz CT molecular complexity index is 2160. The Morgan fingerprint density at radius 3 is 2.21 bits per heavy atom. The zero-order valence-corrected chi connectivity index (χ0v) is 37.7. The second-order valence-electron chi connectivity index (χ2n) is 19.8. The molecule has 0 radical (unpaired) electrons. The maximum Gasteiger partial charge on any atom is 0.416 e. The smallest absolute Gasteiger partial charge is 0.379 e. The summed E-state index contributed by atoms with van der Waals surface area (Å²) >= 11 is 1.61. The molecule has 3 aromatic carbocycles. The van der Waals surface area contributed by atoms with Crippen molar-refractivity contribution >= 4 is 33.1 Å². The van der Waals surface area contributed by atoms with Gasteiger partial charge in [0.25, 0.3) is 0 Å². The molecule has 5 fully saturated rings. The first-order valence-corrected chi connectivity index (χ1v) is 24.8. The highest BCUT2D eigenvalue weighted by Crippen LogP contribution is 2.77. The molecule has 3 aromatic rings. The number of morpholine rings is 1. The summed E-state index contributed by atoms with van der Waals surface area (Å²) in [6.45, 7) is 15.5. The molecule has 3 saturated carbocycles. The van der Waals surface area contributed by atoms with E-state index in [4.69, 9.17) is 4.74 Å². The SMILES string of the molecule is CC1(C)CCC(C23CC(C)(C2)C3)=C(CN2CCN(c3ccc(C(=O)CS(=O)(=O)c4ccc(C[C@H](CCN5CCOCC5)CSc5ccccc5)c(C(F)(F)F)c4)cc3)CC2)C1. The summed E-state index contributed by atoms with van der Waals surface area (Å²) in [5, 5.41) is 0. The standard InChI is InChI=1S/C49H62F3N3O4S2/c1-46(2)17-15-43(48-33-47(3,34-48)35-48)39(29-46)30-54-19-21-55(22-20-54)40-12-9-37(10-13-40)45(56)32-61(57,58)42-14-11-38(44(28-42)49(50,51)52)27-36(16-18-53-23-25-59-26-24-53)31-60-41-7-5-4-6-8-41/h4-14,28,36H,15-27,29-35H2,1-3H3/t36-,47?,48?/m0/s1. The van der Waals surface area contributed by atoms with Gasteiger partial charge in [-0.05, 0) is 134 Å². The van der Waals surface area contributed by atoms with Crippen molar-refractivity contribution in [2.45, 2.75) is 88.1 Å². The largest absolute Gasteiger partial charge is 0.416 e. The highest BCUT2D eigenvalue weighted by molar-refractivity contribution is 7.99. The molecular weight excluding hydrogens is 816 g/mol. The van der Waals surface area contributed by atoms with Gasteiger partial charge >= 0.3 is 6.18 Å². The molecule has 330 valence electrons. The molecule has 0 amide bonds. The minimum Gasteiger partial charge on any atom is -0.379 e. The van der Waals surface area contributed by atoms with E-state index in [-0.39, 0.29) is 23.5 Å². The van der Waals surface area contributed by atoms with E-state index in [9.17, 15) is 26.4 Å². The normalized spacial score (nSPS) is 25.2. The number of hydrogen-bond acceptors (Lipinski definition) is 8. The fourth-order valence-electron chi connectivity index (χ4n) is 11.1. The van der Waals surface area contributed by atoms with Gasteiger partial charge in [-0.2, -0.15) is 13.2 Å². The third kappa shape index (κ3) is 10.5. The van der Waals surface area contributed by atoms with E-state index in [1.54, 1.807) is 35.0 Å². The first-order valence-electron chi connectivity index (χ1n) is 22.2. The number of sulfone groups is 1. The predicted molar refractivity (Wildman–Crippen MR) is 238 cm³/mol. The summed E-state index contributed by atoms with van der Waals surface area (Å²) in [5.74, 6) is -1.03. The number of hydrogen-bond donors (Lipinski definition) is 0. The molecule has 2 aliphatic heterocycles. The molecule has 0 aromatic heterocycles. The number of allylic oxidation sites excluding steroid dienone is 1. The van der Waals surface area contributed by atoms with Crippen LogP contribution in [0.5, 0.6) is 0 Å². The van der Waals surface area contributed by atoms with Crippen LogP contribution in [0, 0.1) is 22.2 Å². The fraction of sp³-hybridized carbons (Fsp3) is 0.571. The number of ether oxygens (including phenoxy) is 1. The molecule has 0 N–H and O–H groups in total. The number of rotatable bonds is 16. The van der Waals surface area contributed by atoms with Gasteiger partial charge in [0.05, 0.1) is 23.7 Å². The van der Waals surface area contributed by atoms with Gasteiger partial charge in [0.2, 0.25) is 0 Å². The first-order chi connectivity index (χ1) is 29.0. The van der Waals surface area contributed by atoms with Crippen LogP contribution in [-0.2, 0) is 27.2 Å². The number of ketones is 1. The van der Waals surface area contributed by atoms with E-state index in [2.05, 4.69) is 35.5 Å². The maximum atomic E-state index is 14.7. The number of carbonyl (C=O) groups excluding carboxylic acids is 1. The monoisotopic (exact) mass is 877 g/mol. The molecule has 1 atom stereocenters. The van der Waals surface area contributed by atoms with Crippen LogP contribution in [0.3, 0.4) is 0 Å². The second kappa shape index (κ2) is 17.8. The number of piperazine rings is 1. The van der Waals surface area contributed by atoms with Gasteiger partial charge < -0.3 is 9.64 Å². The van der Waals surface area contributed by atoms with Crippen LogP contribution < -0.4 is 4.90 Å². The number of benzene rings is 3. The van der Waals surface area contributed by atoms with Gasteiger partial charge in [-0.15, -0.1) is 11.8 Å². The van der Waals surface area contributed by atoms with Crippen LogP contribution >= 0.6 is 11.8 Å². The number of Topliss-reactive ketones (excluding diaryl/α,β-unsaturated/α-hetero) is 1. The summed E-state index contributed by atoms with van der Waals surface area (Å²) in [5.41, 5.74) is 5.19. The Morgan fingerprint density at radius 1 is 0.869 bits per heavy atom. The third-order valence-electron chi connectivity index (χ3n) is 14.2. The minimum absolute atomic E-state index is 0.0637. The van der Waals surface area contributed by atoms with Crippen LogP contribution in [-0.4, -0.2) is 101 Å². The van der Waals surface area contributed by atoms with Crippen molar-refractivity contribution in [3.05, 3.63) is 101 Å². The van der Waals surface area contributed by atoms with E-state index in [1.807, 2.05) is 42.5 Å². The quantitative estimate of drug-likeness (QED) is 0.0801. The summed E-state index contributed by atoms with van der Waals surface area (Å²) in [4.78, 5) is 21.1. The molecular formula is C49H62F3N3O4S2. The van der Waals surface area contributed by atoms with Crippen LogP contribution in [0.25, 0.3) is 0 Å². The zero-order chi connectivity index (χ0) is 43.0. The second-order valence-corrected chi connectivity index (χ2v) is 22.9. The molecule has 2 heterocycles. The number of carbonyl (C=O) groups is 1. The van der Waals surface area contributed by atoms with Crippen molar-refractivity contribution < 1.29 is 31.1 Å². The summed E-state index contributed by atoms with van der Waals surface area (Å²) in [6.07, 6.45) is 3.90. The van der Waals surface area contributed by atoms with Gasteiger partial charge in [-0.25, -0.2) is 8.42 Å². The minimum atomic E-state index is -4.77. The summed E-state index contributed by atoms with van der Waals surface area (Å²) < 4.78 is 76.6. The van der Waals surface area contributed by atoms with E-state index in [1.165, 1.54) is 50.7 Å². The van der Waals surface area contributed by atoms with E-state index in [0.29, 0.717) is 41.6 Å². The predicted octanol–water partition coefficient (Wildman–Crippen LogP) is 9.85. The number of thioether (sulfide) groups is 1. The fourth-order valence-corrected chi connectivity index (χ4v) is 13.4. The Kier molecular flexibility index (Phi) is 13.0. The molecule has 61 heavy (non-hydrogen) atoms. The highest BCUT2D eigenvalue weighted by Gasteiger charge is 2.66. The Labute approximate surface area is 365 Å². The molecule has 7 nitrogen and oxygen atoms in total. The Balaban J connectivity index is 0.887. The first kappa shape index (κ1) is 44.4. The van der Waals surface area contributed by atoms with Crippen LogP contribution in [0.2, 0.25) is 0 Å². The van der Waals surface area contributed by atoms with Crippen LogP contribution in [0.1, 0.15) is 87.2 Å². The van der Waals surface area contributed by atoms with Crippen molar-refractivity contribution in [2.75, 3.05) is 82.0 Å². The number of anilines is 1. The lowest BCUT2D eigenvalue weighted by Gasteiger charge is -2.72. The van der Waals surface area contributed by atoms with Crippen molar-refractivity contribution in [2.24, 2.45) is 22.2 Å². The van der Waals surface area contributed by atoms with Gasteiger partial charge in [0, 0.05) is 67.7 Å². The van der Waals surface area contributed by atoms with Crippen molar-refractivity contribution in [1.29, 1.82) is 0 Å². The van der Waals surface area contributed by atoms with Gasteiger partial charge in [-0.1, -0.05) is 56.2 Å². The molecule has 6 aliphatic rings. The average molecular weight is 878 g/mol. The molecule has 9 rings (SSSR count). The topological polar surface area (TPSA) is 70.2 Å². The number of nitrogens with zero attached hydrogens (tertiary/aromatic N) is 3. The van der Waals surface area contributed by atoms with Crippen molar-refractivity contribution in [3.8, 4) is 0 Å². The third-order valence-corrected chi connectivity index (χ3v) is 17.1. The number of halogens is 3.